The van der Waals surface area contributed by atoms with E-state index >= 15 is 0 Å². The second kappa shape index (κ2) is 7.96. The number of hydrogen-bond acceptors (Lipinski definition) is 3. The van der Waals surface area contributed by atoms with Gasteiger partial charge in [-0.2, -0.15) is 0 Å². The molecular weight excluding hydrogens is 329 g/mol. The zero-order valence-electron chi connectivity index (χ0n) is 14.3. The number of hydrogen-bond donors (Lipinski definition) is 1. The van der Waals surface area contributed by atoms with Crippen LogP contribution in [0.2, 0.25) is 0 Å². The normalized spacial score (nSPS) is 10.5. The number of carbonyl (C=O) groups is 1. The Kier molecular flexibility index (Phi) is 5.47. The maximum Gasteiger partial charge on any atom is 0.338 e. The first kappa shape index (κ1) is 17.2. The minimum absolute atomic E-state index is 0.308. The van der Waals surface area contributed by atoms with E-state index in [0.717, 1.165) is 11.0 Å². The second-order valence-electron chi connectivity index (χ2n) is 5.48. The first-order chi connectivity index (χ1) is 12.2. The molecule has 0 radical (unpaired) electrons. The van der Waals surface area contributed by atoms with Crippen molar-refractivity contribution in [2.24, 2.45) is 0 Å². The van der Waals surface area contributed by atoms with Gasteiger partial charge in [0.25, 0.3) is 0 Å². The second-order valence-corrected chi connectivity index (χ2v) is 7.67. The molecule has 1 N–H and O–H groups in total. The molecule has 0 aromatic heterocycles. The van der Waals surface area contributed by atoms with Crippen LogP contribution in [0.1, 0.15) is 10.4 Å². The van der Waals surface area contributed by atoms with E-state index in [4.69, 9.17) is 4.74 Å². The Labute approximate surface area is 149 Å². The molecule has 3 nitrogen and oxygen atoms in total. The van der Waals surface area contributed by atoms with E-state index in [1.54, 1.807) is 0 Å². The highest BCUT2D eigenvalue weighted by atomic mass is 31.1. The molecule has 126 valence electrons. The Morgan fingerprint density at radius 1 is 0.880 bits per heavy atom. The van der Waals surface area contributed by atoms with Gasteiger partial charge in [-0.25, -0.2) is 4.79 Å². The number of rotatable bonds is 5. The van der Waals surface area contributed by atoms with Gasteiger partial charge in [0.2, 0.25) is 0 Å². The highest BCUT2D eigenvalue weighted by molar-refractivity contribution is 7.80. The smallest absolute Gasteiger partial charge is 0.338 e. The molecule has 0 saturated carbocycles. The van der Waals surface area contributed by atoms with Gasteiger partial charge in [0.1, 0.15) is 0 Å². The van der Waals surface area contributed by atoms with Crippen LogP contribution < -0.4 is 21.2 Å². The molecule has 0 unspecified atom stereocenters. The van der Waals surface area contributed by atoms with Crippen LogP contribution in [-0.4, -0.2) is 20.1 Å². The molecular formula is C21H20NO2P. The summed E-state index contributed by atoms with van der Waals surface area (Å²) in [4.78, 5) is 12.4. The van der Waals surface area contributed by atoms with Crippen molar-refractivity contribution in [2.75, 3.05) is 19.5 Å². The Hall–Kier alpha value is -2.64. The third-order valence-corrected chi connectivity index (χ3v) is 6.44. The topological polar surface area (TPSA) is 38.3 Å². The van der Waals surface area contributed by atoms with Crippen LogP contribution in [0.25, 0.3) is 0 Å². The molecule has 0 aliphatic rings. The number of anilines is 1. The molecule has 3 rings (SSSR count). The van der Waals surface area contributed by atoms with Gasteiger partial charge >= 0.3 is 5.97 Å². The van der Waals surface area contributed by atoms with E-state index in [1.165, 1.54) is 17.7 Å². The van der Waals surface area contributed by atoms with Crippen molar-refractivity contribution < 1.29 is 9.53 Å². The van der Waals surface area contributed by atoms with Gasteiger partial charge in [-0.1, -0.05) is 60.7 Å². The molecule has 3 aromatic rings. The van der Waals surface area contributed by atoms with Crippen molar-refractivity contribution in [3.8, 4) is 0 Å². The van der Waals surface area contributed by atoms with Crippen molar-refractivity contribution in [1.29, 1.82) is 0 Å². The highest BCUT2D eigenvalue weighted by Gasteiger charge is 2.23. The van der Waals surface area contributed by atoms with Gasteiger partial charge < -0.3 is 10.1 Å². The summed E-state index contributed by atoms with van der Waals surface area (Å²) in [5.41, 5.74) is 1.59. The number of benzene rings is 3. The largest absolute Gasteiger partial charge is 0.465 e. The van der Waals surface area contributed by atoms with E-state index in [1.807, 2.05) is 55.6 Å². The summed E-state index contributed by atoms with van der Waals surface area (Å²) >= 11 is 0. The molecule has 0 aliphatic heterocycles. The summed E-state index contributed by atoms with van der Waals surface area (Å²) in [6.07, 6.45) is 0. The van der Waals surface area contributed by atoms with Crippen LogP contribution in [0.4, 0.5) is 5.69 Å². The lowest BCUT2D eigenvalue weighted by molar-refractivity contribution is 0.0602. The molecule has 25 heavy (non-hydrogen) atoms. The third kappa shape index (κ3) is 3.72. The van der Waals surface area contributed by atoms with Crippen LogP contribution >= 0.6 is 7.92 Å². The van der Waals surface area contributed by atoms with Crippen molar-refractivity contribution in [1.82, 2.24) is 0 Å². The van der Waals surface area contributed by atoms with E-state index < -0.39 is 7.92 Å². The number of nitrogens with one attached hydrogen (secondary N) is 1. The molecule has 0 fully saturated rings. The molecule has 0 aliphatic carbocycles. The monoisotopic (exact) mass is 349 g/mol. The molecule has 4 heteroatoms. The minimum atomic E-state index is -0.868. The minimum Gasteiger partial charge on any atom is -0.465 e. The Bertz CT molecular complexity index is 811. The molecule has 0 spiro atoms. The van der Waals surface area contributed by atoms with Crippen molar-refractivity contribution in [3.63, 3.8) is 0 Å². The summed E-state index contributed by atoms with van der Waals surface area (Å²) in [5, 5.41) is 6.55. The van der Waals surface area contributed by atoms with Crippen LogP contribution in [-0.2, 0) is 4.74 Å². The molecule has 0 heterocycles. The zero-order valence-corrected chi connectivity index (χ0v) is 15.2. The fourth-order valence-corrected chi connectivity index (χ4v) is 5.21. The van der Waals surface area contributed by atoms with E-state index in [-0.39, 0.29) is 5.97 Å². The average molecular weight is 349 g/mol. The van der Waals surface area contributed by atoms with Gasteiger partial charge in [0.15, 0.2) is 0 Å². The van der Waals surface area contributed by atoms with Crippen LogP contribution in [0.5, 0.6) is 0 Å². The Balaban J connectivity index is 2.24. The molecule has 3 aromatic carbocycles. The van der Waals surface area contributed by atoms with Gasteiger partial charge in [-0.3, -0.25) is 0 Å². The van der Waals surface area contributed by atoms with Gasteiger partial charge in [0.05, 0.1) is 12.7 Å². The average Bonchev–Trinajstić information content (AvgIpc) is 2.69. The lowest BCUT2D eigenvalue weighted by atomic mass is 10.2. The molecule has 0 saturated heterocycles. The number of methoxy groups -OCH3 is 1. The number of ether oxygens (including phenoxy) is 1. The van der Waals surface area contributed by atoms with Gasteiger partial charge in [-0.05, 0) is 36.7 Å². The summed E-state index contributed by atoms with van der Waals surface area (Å²) in [7, 11) is 2.43. The lowest BCUT2D eigenvalue weighted by Crippen LogP contribution is -2.26. The third-order valence-electron chi connectivity index (χ3n) is 3.96. The zero-order chi connectivity index (χ0) is 17.6. The maximum absolute atomic E-state index is 12.4. The quantitative estimate of drug-likeness (QED) is 0.568. The predicted octanol–water partition coefficient (Wildman–Crippen LogP) is 3.27. The van der Waals surface area contributed by atoms with Crippen molar-refractivity contribution >= 4 is 35.5 Å². The summed E-state index contributed by atoms with van der Waals surface area (Å²) in [6.45, 7) is 0. The first-order valence-electron chi connectivity index (χ1n) is 8.05. The number of carbonyl (C=O) groups excluding carboxylic acids is 1. The van der Waals surface area contributed by atoms with E-state index in [0.29, 0.717) is 5.56 Å². The molecule has 0 amide bonds. The van der Waals surface area contributed by atoms with Crippen molar-refractivity contribution in [2.45, 2.75) is 0 Å². The SMILES string of the molecule is CNc1ccc(C(=O)OC)c(P(c2ccccc2)c2ccccc2)c1. The van der Waals surface area contributed by atoms with E-state index in [2.05, 4.69) is 35.6 Å². The fourth-order valence-electron chi connectivity index (χ4n) is 2.74. The summed E-state index contributed by atoms with van der Waals surface area (Å²) in [6, 6.07) is 26.4. The molecule has 0 bridgehead atoms. The standard InChI is InChI=1S/C21H20NO2P/c1-22-16-13-14-19(21(23)24-2)20(15-16)25(17-9-5-3-6-10-17)18-11-7-4-8-12-18/h3-15,22H,1-2H3. The maximum atomic E-state index is 12.4. The number of esters is 1. The fraction of sp³-hybridized carbons (Fsp3) is 0.0952. The van der Waals surface area contributed by atoms with Crippen LogP contribution in [0.3, 0.4) is 0 Å². The Morgan fingerprint density at radius 2 is 1.44 bits per heavy atom. The van der Waals surface area contributed by atoms with Crippen LogP contribution in [0.15, 0.2) is 78.9 Å². The van der Waals surface area contributed by atoms with Gasteiger partial charge in [-0.15, -0.1) is 0 Å². The van der Waals surface area contributed by atoms with Crippen LogP contribution in [0, 0.1) is 0 Å². The summed E-state index contributed by atoms with van der Waals surface area (Å²) < 4.78 is 5.02. The highest BCUT2D eigenvalue weighted by Crippen LogP contribution is 2.35. The first-order valence-corrected chi connectivity index (χ1v) is 9.39. The van der Waals surface area contributed by atoms with Crippen molar-refractivity contribution in [3.05, 3.63) is 84.4 Å². The van der Waals surface area contributed by atoms with Gasteiger partial charge in [0, 0.05) is 18.0 Å². The molecule has 0 atom stereocenters. The Morgan fingerprint density at radius 3 is 1.92 bits per heavy atom. The van der Waals surface area contributed by atoms with E-state index in [9.17, 15) is 4.79 Å². The summed E-state index contributed by atoms with van der Waals surface area (Å²) in [5.74, 6) is -0.308. The lowest BCUT2D eigenvalue weighted by Gasteiger charge is -2.22. The predicted molar refractivity (Wildman–Crippen MR) is 106 cm³/mol.